The Morgan fingerprint density at radius 1 is 1.71 bits per heavy atom. The molecule has 0 aliphatic rings. The first-order valence-corrected chi connectivity index (χ1v) is 5.16. The molecule has 2 N–H and O–H groups in total. The SMILES string of the molecule is C=CCNCC(=O)NCc1cncs1. The first kappa shape index (κ1) is 10.9. The summed E-state index contributed by atoms with van der Waals surface area (Å²) >= 11 is 1.53. The summed E-state index contributed by atoms with van der Waals surface area (Å²) < 4.78 is 0. The molecule has 0 aliphatic heterocycles. The summed E-state index contributed by atoms with van der Waals surface area (Å²) in [5.41, 5.74) is 1.75. The van der Waals surface area contributed by atoms with Gasteiger partial charge in [0.25, 0.3) is 0 Å². The van der Waals surface area contributed by atoms with Crippen LogP contribution in [-0.2, 0) is 11.3 Å². The molecule has 0 unspecified atom stereocenters. The Bertz CT molecular complexity index is 284. The van der Waals surface area contributed by atoms with Gasteiger partial charge >= 0.3 is 0 Å². The van der Waals surface area contributed by atoms with Gasteiger partial charge in [0.1, 0.15) is 0 Å². The largest absolute Gasteiger partial charge is 0.350 e. The molecule has 4 nitrogen and oxygen atoms in total. The molecule has 0 radical (unpaired) electrons. The molecule has 14 heavy (non-hydrogen) atoms. The molecule has 0 aromatic carbocycles. The van der Waals surface area contributed by atoms with E-state index in [1.165, 1.54) is 11.3 Å². The number of nitrogens with zero attached hydrogens (tertiary/aromatic N) is 1. The Labute approximate surface area is 87.1 Å². The van der Waals surface area contributed by atoms with E-state index < -0.39 is 0 Å². The fourth-order valence-electron chi connectivity index (χ4n) is 0.865. The van der Waals surface area contributed by atoms with Gasteiger partial charge < -0.3 is 10.6 Å². The zero-order valence-corrected chi connectivity index (χ0v) is 8.64. The van der Waals surface area contributed by atoms with Crippen LogP contribution in [-0.4, -0.2) is 24.0 Å². The van der Waals surface area contributed by atoms with Gasteiger partial charge in [0.15, 0.2) is 0 Å². The Morgan fingerprint density at radius 2 is 2.57 bits per heavy atom. The lowest BCUT2D eigenvalue weighted by Crippen LogP contribution is -2.33. The van der Waals surface area contributed by atoms with Gasteiger partial charge in [-0.1, -0.05) is 6.08 Å². The minimum atomic E-state index is -0.0137. The van der Waals surface area contributed by atoms with E-state index in [1.54, 1.807) is 17.8 Å². The van der Waals surface area contributed by atoms with Crippen LogP contribution in [0.1, 0.15) is 4.88 Å². The fraction of sp³-hybridized carbons (Fsp3) is 0.333. The number of nitrogens with one attached hydrogen (secondary N) is 2. The smallest absolute Gasteiger partial charge is 0.234 e. The third-order valence-electron chi connectivity index (χ3n) is 1.52. The van der Waals surface area contributed by atoms with Crippen molar-refractivity contribution in [3.63, 3.8) is 0 Å². The minimum absolute atomic E-state index is 0.0137. The molecule has 0 spiro atoms. The van der Waals surface area contributed by atoms with Crippen LogP contribution in [0, 0.1) is 0 Å². The van der Waals surface area contributed by atoms with E-state index in [0.29, 0.717) is 19.6 Å². The van der Waals surface area contributed by atoms with Crippen molar-refractivity contribution in [2.24, 2.45) is 0 Å². The second-order valence-electron chi connectivity index (χ2n) is 2.66. The Balaban J connectivity index is 2.12. The second kappa shape index (κ2) is 6.28. The van der Waals surface area contributed by atoms with Crippen LogP contribution >= 0.6 is 11.3 Å². The lowest BCUT2D eigenvalue weighted by molar-refractivity contribution is -0.120. The number of thiazole rings is 1. The van der Waals surface area contributed by atoms with Gasteiger partial charge in [-0.15, -0.1) is 17.9 Å². The third-order valence-corrected chi connectivity index (χ3v) is 2.30. The maximum Gasteiger partial charge on any atom is 0.234 e. The molecular weight excluding hydrogens is 198 g/mol. The highest BCUT2D eigenvalue weighted by atomic mass is 32.1. The topological polar surface area (TPSA) is 54.0 Å². The molecule has 0 saturated carbocycles. The number of rotatable bonds is 6. The molecule has 0 fully saturated rings. The molecule has 5 heteroatoms. The molecule has 0 bridgehead atoms. The Morgan fingerprint density at radius 3 is 3.21 bits per heavy atom. The zero-order chi connectivity index (χ0) is 10.2. The molecule has 0 aliphatic carbocycles. The number of hydrogen-bond donors (Lipinski definition) is 2. The van der Waals surface area contributed by atoms with E-state index in [0.717, 1.165) is 4.88 Å². The summed E-state index contributed by atoms with van der Waals surface area (Å²) in [4.78, 5) is 16.2. The van der Waals surface area contributed by atoms with Gasteiger partial charge in [0.2, 0.25) is 5.91 Å². The Hall–Kier alpha value is -1.20. The molecule has 0 saturated heterocycles. The van der Waals surface area contributed by atoms with E-state index >= 15 is 0 Å². The third kappa shape index (κ3) is 4.15. The van der Waals surface area contributed by atoms with Gasteiger partial charge in [-0.25, -0.2) is 0 Å². The molecular formula is C9H13N3OS. The van der Waals surface area contributed by atoms with Crippen LogP contribution in [0.25, 0.3) is 0 Å². The summed E-state index contributed by atoms with van der Waals surface area (Å²) in [5.74, 6) is -0.0137. The predicted octanol–water partition coefficient (Wildman–Crippen LogP) is 0.535. The average molecular weight is 211 g/mol. The van der Waals surface area contributed by atoms with E-state index in [4.69, 9.17) is 0 Å². The van der Waals surface area contributed by atoms with Gasteiger partial charge in [-0.05, 0) is 0 Å². The predicted molar refractivity (Wildman–Crippen MR) is 57.0 cm³/mol. The fourth-order valence-corrected chi connectivity index (χ4v) is 1.40. The lowest BCUT2D eigenvalue weighted by Gasteiger charge is -2.03. The summed E-state index contributed by atoms with van der Waals surface area (Å²) in [6.45, 7) is 5.07. The highest BCUT2D eigenvalue weighted by Gasteiger charge is 2.00. The summed E-state index contributed by atoms with van der Waals surface area (Å²) in [7, 11) is 0. The average Bonchev–Trinajstić information content (AvgIpc) is 2.68. The van der Waals surface area contributed by atoms with Crippen LogP contribution in [0.3, 0.4) is 0 Å². The van der Waals surface area contributed by atoms with Gasteiger partial charge in [-0.3, -0.25) is 9.78 Å². The van der Waals surface area contributed by atoms with Crippen LogP contribution in [0.2, 0.25) is 0 Å². The molecule has 1 aromatic rings. The normalized spacial score (nSPS) is 9.71. The van der Waals surface area contributed by atoms with Crippen molar-refractivity contribution in [1.82, 2.24) is 15.6 Å². The van der Waals surface area contributed by atoms with Crippen LogP contribution < -0.4 is 10.6 Å². The highest BCUT2D eigenvalue weighted by molar-refractivity contribution is 7.09. The highest BCUT2D eigenvalue weighted by Crippen LogP contribution is 2.03. The second-order valence-corrected chi connectivity index (χ2v) is 3.63. The molecule has 1 rings (SSSR count). The van der Waals surface area contributed by atoms with Crippen LogP contribution in [0.15, 0.2) is 24.4 Å². The molecule has 1 amide bonds. The van der Waals surface area contributed by atoms with Crippen molar-refractivity contribution in [2.45, 2.75) is 6.54 Å². The standard InChI is InChI=1S/C9H13N3OS/c1-2-3-10-6-9(13)12-5-8-4-11-7-14-8/h2,4,7,10H,1,3,5-6H2,(H,12,13). The lowest BCUT2D eigenvalue weighted by atomic mass is 10.5. The maximum atomic E-state index is 11.2. The van der Waals surface area contributed by atoms with Crippen LogP contribution in [0.5, 0.6) is 0 Å². The van der Waals surface area contributed by atoms with Gasteiger partial charge in [0, 0.05) is 17.6 Å². The van der Waals surface area contributed by atoms with Crippen molar-refractivity contribution >= 4 is 17.2 Å². The van der Waals surface area contributed by atoms with E-state index in [9.17, 15) is 4.79 Å². The van der Waals surface area contributed by atoms with Crippen molar-refractivity contribution in [1.29, 1.82) is 0 Å². The molecule has 1 aromatic heterocycles. The monoisotopic (exact) mass is 211 g/mol. The van der Waals surface area contributed by atoms with E-state index in [-0.39, 0.29) is 5.91 Å². The minimum Gasteiger partial charge on any atom is -0.350 e. The maximum absolute atomic E-state index is 11.2. The number of carbonyl (C=O) groups is 1. The van der Waals surface area contributed by atoms with E-state index in [1.807, 2.05) is 0 Å². The van der Waals surface area contributed by atoms with Crippen LogP contribution in [0.4, 0.5) is 0 Å². The first-order chi connectivity index (χ1) is 6.83. The quantitative estimate of drug-likeness (QED) is 0.533. The molecule has 0 atom stereocenters. The van der Waals surface area contributed by atoms with Crippen molar-refractivity contribution in [3.8, 4) is 0 Å². The summed E-state index contributed by atoms with van der Waals surface area (Å²) in [6.07, 6.45) is 3.47. The van der Waals surface area contributed by atoms with Gasteiger partial charge in [-0.2, -0.15) is 0 Å². The number of amides is 1. The van der Waals surface area contributed by atoms with E-state index in [2.05, 4.69) is 22.2 Å². The summed E-state index contributed by atoms with van der Waals surface area (Å²) in [5, 5.41) is 5.70. The van der Waals surface area contributed by atoms with Gasteiger partial charge in [0.05, 0.1) is 18.6 Å². The number of carbonyl (C=O) groups excluding carboxylic acids is 1. The van der Waals surface area contributed by atoms with Crippen molar-refractivity contribution < 1.29 is 4.79 Å². The first-order valence-electron chi connectivity index (χ1n) is 4.28. The Kier molecular flexibility index (Phi) is 4.88. The van der Waals surface area contributed by atoms with Crippen molar-refractivity contribution in [2.75, 3.05) is 13.1 Å². The molecule has 76 valence electrons. The number of hydrogen-bond acceptors (Lipinski definition) is 4. The number of aromatic nitrogens is 1. The van der Waals surface area contributed by atoms with Crippen molar-refractivity contribution in [3.05, 3.63) is 29.2 Å². The zero-order valence-electron chi connectivity index (χ0n) is 7.82. The molecule has 1 heterocycles. The summed E-state index contributed by atoms with van der Waals surface area (Å²) in [6, 6.07) is 0.